The van der Waals surface area contributed by atoms with Crippen molar-refractivity contribution in [3.63, 3.8) is 0 Å². The molecule has 2 aromatic carbocycles. The number of anilines is 1. The molecule has 0 unspecified atom stereocenters. The number of nitriles is 1. The Morgan fingerprint density at radius 3 is 2.59 bits per heavy atom. The van der Waals surface area contributed by atoms with Crippen LogP contribution < -0.4 is 5.32 Å². The van der Waals surface area contributed by atoms with Crippen LogP contribution in [0.25, 0.3) is 33.1 Å². The van der Waals surface area contributed by atoms with Crippen LogP contribution in [0.2, 0.25) is 0 Å². The number of halogens is 3. The van der Waals surface area contributed by atoms with Crippen LogP contribution in [0.5, 0.6) is 0 Å². The third-order valence-corrected chi connectivity index (χ3v) is 5.64. The van der Waals surface area contributed by atoms with Crippen LogP contribution in [0.3, 0.4) is 0 Å². The van der Waals surface area contributed by atoms with E-state index < -0.39 is 11.7 Å². The van der Waals surface area contributed by atoms with Gasteiger partial charge in [0.15, 0.2) is 0 Å². The number of hydrogen-bond donors (Lipinski definition) is 2. The van der Waals surface area contributed by atoms with Crippen LogP contribution in [-0.4, -0.2) is 19.9 Å². The van der Waals surface area contributed by atoms with E-state index in [1.807, 2.05) is 49.4 Å². The Balaban J connectivity index is 1.52. The monoisotopic (exact) mass is 458 g/mol. The Kier molecular flexibility index (Phi) is 5.13. The maximum atomic E-state index is 13.2. The molecule has 0 fully saturated rings. The fraction of sp³-hybridized carbons (Fsp3) is 0.120. The quantitative estimate of drug-likeness (QED) is 0.333. The predicted molar refractivity (Wildman–Crippen MR) is 123 cm³/mol. The molecule has 0 aliphatic heterocycles. The Bertz CT molecular complexity index is 1570. The van der Waals surface area contributed by atoms with E-state index in [4.69, 9.17) is 0 Å². The molecule has 2 N–H and O–H groups in total. The number of rotatable bonds is 4. The second-order valence-electron chi connectivity index (χ2n) is 7.86. The van der Waals surface area contributed by atoms with Crippen molar-refractivity contribution in [2.45, 2.75) is 19.1 Å². The maximum absolute atomic E-state index is 13.2. The van der Waals surface area contributed by atoms with Crippen molar-refractivity contribution in [3.8, 4) is 17.3 Å². The van der Waals surface area contributed by atoms with Crippen LogP contribution in [0, 0.1) is 11.3 Å². The summed E-state index contributed by atoms with van der Waals surface area (Å²) < 4.78 is 39.7. The minimum Gasteiger partial charge on any atom is -0.348 e. The molecule has 1 atom stereocenters. The molecule has 0 spiro atoms. The van der Waals surface area contributed by atoms with Gasteiger partial charge in [-0.15, -0.1) is 0 Å². The smallest absolute Gasteiger partial charge is 0.348 e. The van der Waals surface area contributed by atoms with E-state index in [1.165, 1.54) is 12.4 Å². The maximum Gasteiger partial charge on any atom is 0.417 e. The summed E-state index contributed by atoms with van der Waals surface area (Å²) in [6.07, 6.45) is -0.914. The van der Waals surface area contributed by atoms with Gasteiger partial charge < -0.3 is 10.3 Å². The average Bonchev–Trinajstić information content (AvgIpc) is 3.26. The Labute approximate surface area is 192 Å². The highest BCUT2D eigenvalue weighted by Crippen LogP contribution is 2.35. The van der Waals surface area contributed by atoms with Crippen LogP contribution in [0.4, 0.5) is 19.1 Å². The van der Waals surface area contributed by atoms with Crippen molar-refractivity contribution in [1.82, 2.24) is 19.9 Å². The lowest BCUT2D eigenvalue weighted by atomic mass is 10.0. The molecule has 6 nitrogen and oxygen atoms in total. The number of nitrogens with zero attached hydrogens (tertiary/aromatic N) is 4. The summed E-state index contributed by atoms with van der Waals surface area (Å²) in [6, 6.07) is 17.0. The number of aromatic amines is 1. The first-order valence-corrected chi connectivity index (χ1v) is 10.4. The highest BCUT2D eigenvalue weighted by molar-refractivity contribution is 5.94. The SMILES string of the molecule is C[C@@H](Nc1ncc(C#N)c(-c2c[nH]c3ncc(C(F)(F)F)cc23)n1)c1ccc2ccccc2c1. The van der Waals surface area contributed by atoms with E-state index in [9.17, 15) is 18.4 Å². The number of fused-ring (bicyclic) bond motifs is 2. The standard InChI is InChI=1S/C25H17F3N6/c1-14(16-7-6-15-4-2-3-5-17(15)8-16)33-24-32-11-18(10-29)22(34-24)21-13-31-23-20(21)9-19(12-30-23)25(26,27)28/h2-9,11-14H,1H3,(H,30,31)(H,32,33,34)/t14-/m1/s1. The molecule has 9 heteroatoms. The summed E-state index contributed by atoms with van der Waals surface area (Å²) in [6.45, 7) is 1.95. The van der Waals surface area contributed by atoms with Gasteiger partial charge in [0.05, 0.1) is 29.1 Å². The van der Waals surface area contributed by atoms with Gasteiger partial charge >= 0.3 is 6.18 Å². The van der Waals surface area contributed by atoms with Crippen molar-refractivity contribution in [2.24, 2.45) is 0 Å². The first kappa shape index (κ1) is 21.4. The van der Waals surface area contributed by atoms with Crippen molar-refractivity contribution in [1.29, 1.82) is 5.26 Å². The lowest BCUT2D eigenvalue weighted by Gasteiger charge is -2.16. The zero-order valence-corrected chi connectivity index (χ0v) is 17.9. The van der Waals surface area contributed by atoms with E-state index in [-0.39, 0.29) is 34.3 Å². The molecule has 0 amide bonds. The van der Waals surface area contributed by atoms with E-state index in [1.54, 1.807) is 0 Å². The second-order valence-corrected chi connectivity index (χ2v) is 7.86. The Morgan fingerprint density at radius 1 is 1.03 bits per heavy atom. The van der Waals surface area contributed by atoms with Crippen molar-refractivity contribution < 1.29 is 13.2 Å². The largest absolute Gasteiger partial charge is 0.417 e. The zero-order chi connectivity index (χ0) is 23.9. The summed E-state index contributed by atoms with van der Waals surface area (Å²) in [5.74, 6) is 0.254. The number of benzene rings is 2. The van der Waals surface area contributed by atoms with Gasteiger partial charge in [0, 0.05) is 23.3 Å². The summed E-state index contributed by atoms with van der Waals surface area (Å²) in [4.78, 5) is 15.4. The average molecular weight is 458 g/mol. The Hall–Kier alpha value is -4.45. The molecular formula is C25H17F3N6. The summed E-state index contributed by atoms with van der Waals surface area (Å²) in [7, 11) is 0. The van der Waals surface area contributed by atoms with Gasteiger partial charge in [-0.1, -0.05) is 36.4 Å². The van der Waals surface area contributed by atoms with Gasteiger partial charge in [0.1, 0.15) is 11.7 Å². The van der Waals surface area contributed by atoms with Gasteiger partial charge in [-0.3, -0.25) is 0 Å². The molecule has 168 valence electrons. The summed E-state index contributed by atoms with van der Waals surface area (Å²) >= 11 is 0. The van der Waals surface area contributed by atoms with Crippen molar-refractivity contribution >= 4 is 27.8 Å². The Morgan fingerprint density at radius 2 is 1.82 bits per heavy atom. The fourth-order valence-corrected chi connectivity index (χ4v) is 3.85. The molecule has 0 aliphatic rings. The fourth-order valence-electron chi connectivity index (χ4n) is 3.85. The summed E-state index contributed by atoms with van der Waals surface area (Å²) in [5.41, 5.74) is 1.11. The van der Waals surface area contributed by atoms with Gasteiger partial charge in [0.2, 0.25) is 5.95 Å². The number of alkyl halides is 3. The van der Waals surface area contributed by atoms with Gasteiger partial charge in [0.25, 0.3) is 0 Å². The molecule has 0 radical (unpaired) electrons. The van der Waals surface area contributed by atoms with Crippen LogP contribution in [-0.2, 0) is 6.18 Å². The third kappa shape index (κ3) is 3.90. The molecule has 0 aliphatic carbocycles. The molecule has 5 rings (SSSR count). The number of H-pyrrole nitrogens is 1. The van der Waals surface area contributed by atoms with Gasteiger partial charge in [-0.05, 0) is 35.4 Å². The zero-order valence-electron chi connectivity index (χ0n) is 17.9. The highest BCUT2D eigenvalue weighted by Gasteiger charge is 2.31. The van der Waals surface area contributed by atoms with E-state index in [0.29, 0.717) is 5.56 Å². The van der Waals surface area contributed by atoms with E-state index in [0.717, 1.165) is 28.6 Å². The molecule has 3 heterocycles. The molecule has 34 heavy (non-hydrogen) atoms. The van der Waals surface area contributed by atoms with Crippen LogP contribution >= 0.6 is 0 Å². The number of pyridine rings is 1. The number of hydrogen-bond acceptors (Lipinski definition) is 5. The van der Waals surface area contributed by atoms with Crippen molar-refractivity contribution in [2.75, 3.05) is 5.32 Å². The lowest BCUT2D eigenvalue weighted by molar-refractivity contribution is -0.137. The normalized spacial score (nSPS) is 12.6. The molecular weight excluding hydrogens is 441 g/mol. The third-order valence-electron chi connectivity index (χ3n) is 5.64. The lowest BCUT2D eigenvalue weighted by Crippen LogP contribution is -2.10. The predicted octanol–water partition coefficient (Wildman–Crippen LogP) is 6.24. The molecule has 0 bridgehead atoms. The highest BCUT2D eigenvalue weighted by atomic mass is 19.4. The number of nitrogens with one attached hydrogen (secondary N) is 2. The first-order valence-electron chi connectivity index (χ1n) is 10.4. The van der Waals surface area contributed by atoms with Gasteiger partial charge in [-0.2, -0.15) is 18.4 Å². The van der Waals surface area contributed by atoms with Crippen molar-refractivity contribution in [3.05, 3.63) is 83.8 Å². The molecule has 0 saturated heterocycles. The molecule has 5 aromatic rings. The molecule has 0 saturated carbocycles. The van der Waals surface area contributed by atoms with Crippen LogP contribution in [0.15, 0.2) is 67.1 Å². The van der Waals surface area contributed by atoms with E-state index >= 15 is 0 Å². The van der Waals surface area contributed by atoms with Crippen LogP contribution in [0.1, 0.15) is 29.7 Å². The minimum atomic E-state index is -4.54. The molecule has 3 aromatic heterocycles. The van der Waals surface area contributed by atoms with Gasteiger partial charge in [-0.25, -0.2) is 15.0 Å². The number of aromatic nitrogens is 4. The summed E-state index contributed by atoms with van der Waals surface area (Å²) in [5, 5.41) is 15.2. The topological polar surface area (TPSA) is 90.3 Å². The van der Waals surface area contributed by atoms with E-state index in [2.05, 4.69) is 31.3 Å². The second kappa shape index (κ2) is 8.15. The first-order chi connectivity index (χ1) is 16.3. The minimum absolute atomic E-state index is 0.141.